The average molecular weight is 417 g/mol. The molecule has 2 heterocycles. The van der Waals surface area contributed by atoms with Crippen molar-refractivity contribution in [2.45, 2.75) is 12.6 Å². The van der Waals surface area contributed by atoms with Crippen LogP contribution in [0.1, 0.15) is 17.5 Å². The second kappa shape index (κ2) is 9.73. The fourth-order valence-electron chi connectivity index (χ4n) is 3.53. The molecule has 154 valence electrons. The Kier molecular flexibility index (Phi) is 7.09. The lowest BCUT2D eigenvalue weighted by Gasteiger charge is -2.36. The minimum atomic E-state index is 0. The van der Waals surface area contributed by atoms with Gasteiger partial charge in [-0.05, 0) is 30.3 Å². The topological polar surface area (TPSA) is 72.7 Å². The van der Waals surface area contributed by atoms with E-state index in [9.17, 15) is 0 Å². The van der Waals surface area contributed by atoms with Crippen LogP contribution in [0.15, 0.2) is 53.1 Å². The van der Waals surface area contributed by atoms with Crippen molar-refractivity contribution in [3.8, 4) is 22.9 Å². The van der Waals surface area contributed by atoms with Gasteiger partial charge in [0.15, 0.2) is 0 Å². The van der Waals surface area contributed by atoms with Crippen LogP contribution in [0.2, 0.25) is 0 Å². The summed E-state index contributed by atoms with van der Waals surface area (Å²) in [4.78, 5) is 6.94. The molecule has 1 N–H and O–H groups in total. The van der Waals surface area contributed by atoms with E-state index in [1.165, 1.54) is 0 Å². The molecule has 1 aromatic heterocycles. The first-order chi connectivity index (χ1) is 13.8. The number of piperazine rings is 1. The van der Waals surface area contributed by atoms with E-state index < -0.39 is 0 Å². The van der Waals surface area contributed by atoms with E-state index in [1.807, 2.05) is 42.5 Å². The molecule has 29 heavy (non-hydrogen) atoms. The lowest BCUT2D eigenvalue weighted by atomic mass is 10.0. The summed E-state index contributed by atoms with van der Waals surface area (Å²) in [6.45, 7) is 3.25. The first-order valence-corrected chi connectivity index (χ1v) is 9.33. The Morgan fingerprint density at radius 2 is 1.90 bits per heavy atom. The molecule has 4 rings (SSSR count). The second-order valence-corrected chi connectivity index (χ2v) is 6.67. The zero-order valence-electron chi connectivity index (χ0n) is 16.5. The fourth-order valence-corrected chi connectivity index (χ4v) is 3.53. The predicted molar refractivity (Wildman–Crippen MR) is 113 cm³/mol. The molecule has 8 heteroatoms. The van der Waals surface area contributed by atoms with Gasteiger partial charge < -0.3 is 19.3 Å². The van der Waals surface area contributed by atoms with Crippen molar-refractivity contribution in [1.82, 2.24) is 20.4 Å². The van der Waals surface area contributed by atoms with Crippen LogP contribution >= 0.6 is 12.4 Å². The molecule has 1 aliphatic rings. The third-order valence-electron chi connectivity index (χ3n) is 5.01. The van der Waals surface area contributed by atoms with Gasteiger partial charge in [-0.15, -0.1) is 12.4 Å². The fraction of sp³-hybridized carbons (Fsp3) is 0.333. The first-order valence-electron chi connectivity index (χ1n) is 9.33. The number of para-hydroxylation sites is 1. The van der Waals surface area contributed by atoms with E-state index in [4.69, 9.17) is 14.0 Å². The highest BCUT2D eigenvalue weighted by Crippen LogP contribution is 2.31. The predicted octanol–water partition coefficient (Wildman–Crippen LogP) is 3.32. The quantitative estimate of drug-likeness (QED) is 0.660. The van der Waals surface area contributed by atoms with Crippen LogP contribution < -0.4 is 14.8 Å². The minimum absolute atomic E-state index is 0. The molecule has 0 amide bonds. The molecule has 0 saturated carbocycles. The molecule has 1 aliphatic heterocycles. The number of methoxy groups -OCH3 is 2. The van der Waals surface area contributed by atoms with Crippen molar-refractivity contribution in [2.75, 3.05) is 33.9 Å². The van der Waals surface area contributed by atoms with E-state index in [1.54, 1.807) is 14.2 Å². The number of hydrogen-bond donors (Lipinski definition) is 1. The standard InChI is InChI=1S/C21H24N4O3.ClH/c1-26-16-9-7-15(8-10-16)21-23-20(28-24-21)14-25-12-11-22-13-18(25)17-5-3-4-6-19(17)27-2;/h3-10,18,22H,11-14H2,1-2H3;1H. The molecule has 1 saturated heterocycles. The van der Waals surface area contributed by atoms with Crippen LogP contribution in [0, 0.1) is 0 Å². The molecular weight excluding hydrogens is 392 g/mol. The molecule has 0 spiro atoms. The van der Waals surface area contributed by atoms with Gasteiger partial charge in [0.2, 0.25) is 11.7 Å². The highest BCUT2D eigenvalue weighted by Gasteiger charge is 2.27. The molecule has 3 aromatic rings. The van der Waals surface area contributed by atoms with Gasteiger partial charge in [-0.25, -0.2) is 0 Å². The number of rotatable bonds is 6. The highest BCUT2D eigenvalue weighted by atomic mass is 35.5. The summed E-state index contributed by atoms with van der Waals surface area (Å²) in [5, 5.41) is 7.61. The van der Waals surface area contributed by atoms with Crippen LogP contribution in [0.3, 0.4) is 0 Å². The van der Waals surface area contributed by atoms with Gasteiger partial charge in [-0.2, -0.15) is 4.98 Å². The smallest absolute Gasteiger partial charge is 0.241 e. The summed E-state index contributed by atoms with van der Waals surface area (Å²) in [6.07, 6.45) is 0. The maximum absolute atomic E-state index is 5.56. The molecule has 7 nitrogen and oxygen atoms in total. The molecular formula is C21H25ClN4O3. The Morgan fingerprint density at radius 1 is 1.10 bits per heavy atom. The van der Waals surface area contributed by atoms with Crippen LogP contribution in [-0.4, -0.2) is 48.9 Å². The van der Waals surface area contributed by atoms with Crippen molar-refractivity contribution < 1.29 is 14.0 Å². The third-order valence-corrected chi connectivity index (χ3v) is 5.01. The van der Waals surface area contributed by atoms with E-state index in [2.05, 4.69) is 26.4 Å². The maximum Gasteiger partial charge on any atom is 0.241 e. The number of halogens is 1. The molecule has 1 fully saturated rings. The van der Waals surface area contributed by atoms with E-state index in [0.717, 1.165) is 42.3 Å². The van der Waals surface area contributed by atoms with E-state index in [0.29, 0.717) is 18.3 Å². The van der Waals surface area contributed by atoms with Crippen molar-refractivity contribution >= 4 is 12.4 Å². The number of nitrogens with zero attached hydrogens (tertiary/aromatic N) is 3. The van der Waals surface area contributed by atoms with Crippen molar-refractivity contribution in [3.05, 3.63) is 60.0 Å². The van der Waals surface area contributed by atoms with Crippen molar-refractivity contribution in [2.24, 2.45) is 0 Å². The average Bonchev–Trinajstić information content (AvgIpc) is 3.23. The Hall–Kier alpha value is -2.61. The monoisotopic (exact) mass is 416 g/mol. The SMILES string of the molecule is COc1ccc(-c2noc(CN3CCNCC3c3ccccc3OC)n2)cc1.Cl. The van der Waals surface area contributed by atoms with Crippen molar-refractivity contribution in [1.29, 1.82) is 0 Å². The van der Waals surface area contributed by atoms with Crippen LogP contribution in [-0.2, 0) is 6.54 Å². The zero-order valence-corrected chi connectivity index (χ0v) is 17.3. The van der Waals surface area contributed by atoms with Gasteiger partial charge in [0, 0.05) is 30.8 Å². The molecule has 0 aliphatic carbocycles. The second-order valence-electron chi connectivity index (χ2n) is 6.67. The largest absolute Gasteiger partial charge is 0.497 e. The molecule has 2 aromatic carbocycles. The van der Waals surface area contributed by atoms with Crippen LogP contribution in [0.4, 0.5) is 0 Å². The molecule has 1 atom stereocenters. The number of aromatic nitrogens is 2. The number of benzene rings is 2. The normalized spacial score (nSPS) is 16.8. The van der Waals surface area contributed by atoms with Gasteiger partial charge in [0.1, 0.15) is 11.5 Å². The number of ether oxygens (including phenoxy) is 2. The number of hydrogen-bond acceptors (Lipinski definition) is 7. The zero-order chi connectivity index (χ0) is 19.3. The van der Waals surface area contributed by atoms with Crippen molar-refractivity contribution in [3.63, 3.8) is 0 Å². The molecule has 0 radical (unpaired) electrons. The Labute approximate surface area is 176 Å². The Bertz CT molecular complexity index is 916. The summed E-state index contributed by atoms with van der Waals surface area (Å²) in [5.74, 6) is 2.88. The van der Waals surface area contributed by atoms with Gasteiger partial charge in [-0.3, -0.25) is 4.90 Å². The van der Waals surface area contributed by atoms with Gasteiger partial charge in [0.05, 0.1) is 26.8 Å². The summed E-state index contributed by atoms with van der Waals surface area (Å²) in [5.41, 5.74) is 2.06. The van der Waals surface area contributed by atoms with E-state index >= 15 is 0 Å². The van der Waals surface area contributed by atoms with Crippen LogP contribution in [0.25, 0.3) is 11.4 Å². The Morgan fingerprint density at radius 3 is 2.66 bits per heavy atom. The lowest BCUT2D eigenvalue weighted by molar-refractivity contribution is 0.133. The third kappa shape index (κ3) is 4.70. The first kappa shape index (κ1) is 21.1. The van der Waals surface area contributed by atoms with E-state index in [-0.39, 0.29) is 18.4 Å². The number of nitrogens with one attached hydrogen (secondary N) is 1. The maximum atomic E-state index is 5.56. The summed E-state index contributed by atoms with van der Waals surface area (Å²) in [6, 6.07) is 15.9. The Balaban J connectivity index is 0.00000240. The van der Waals surface area contributed by atoms with Gasteiger partial charge >= 0.3 is 0 Å². The summed E-state index contributed by atoms with van der Waals surface area (Å²) < 4.78 is 16.3. The lowest BCUT2D eigenvalue weighted by Crippen LogP contribution is -2.45. The minimum Gasteiger partial charge on any atom is -0.497 e. The van der Waals surface area contributed by atoms with Gasteiger partial charge in [-0.1, -0.05) is 23.4 Å². The highest BCUT2D eigenvalue weighted by molar-refractivity contribution is 5.85. The van der Waals surface area contributed by atoms with Crippen LogP contribution in [0.5, 0.6) is 11.5 Å². The summed E-state index contributed by atoms with van der Waals surface area (Å²) >= 11 is 0. The molecule has 1 unspecified atom stereocenters. The summed E-state index contributed by atoms with van der Waals surface area (Å²) in [7, 11) is 3.35. The molecule has 0 bridgehead atoms. The van der Waals surface area contributed by atoms with Gasteiger partial charge in [0.25, 0.3) is 0 Å².